The van der Waals surface area contributed by atoms with E-state index in [1.54, 1.807) is 0 Å². The average molecular weight is 306 g/mol. The molecule has 0 bridgehead atoms. The first-order valence-corrected chi connectivity index (χ1v) is 7.59. The molecule has 1 heterocycles. The zero-order chi connectivity index (χ0) is 15.1. The van der Waals surface area contributed by atoms with Gasteiger partial charge in [0.1, 0.15) is 11.8 Å². The van der Waals surface area contributed by atoms with Gasteiger partial charge in [-0.25, -0.2) is 4.79 Å². The molecule has 1 rings (SSSR count). The molecule has 114 valence electrons. The minimum atomic E-state index is -1.65. The van der Waals surface area contributed by atoms with Crippen LogP contribution in [0.3, 0.4) is 0 Å². The second kappa shape index (κ2) is 7.95. The molecule has 1 saturated heterocycles. The summed E-state index contributed by atoms with van der Waals surface area (Å²) in [7, 11) is -1.65. The quantitative estimate of drug-likeness (QED) is 0.597. The Hall–Kier alpha value is -1.48. The Bertz CT molecular complexity index is 408. The van der Waals surface area contributed by atoms with Crippen molar-refractivity contribution in [2.24, 2.45) is 0 Å². The van der Waals surface area contributed by atoms with E-state index in [9.17, 15) is 18.6 Å². The Morgan fingerprint density at radius 3 is 2.45 bits per heavy atom. The molecule has 9 heteroatoms. The number of hydrogen-bond donors (Lipinski definition) is 2. The van der Waals surface area contributed by atoms with Crippen molar-refractivity contribution in [2.75, 3.05) is 37.8 Å². The van der Waals surface area contributed by atoms with Crippen LogP contribution in [0.15, 0.2) is 0 Å². The number of amides is 2. The minimum absolute atomic E-state index is 0.247. The summed E-state index contributed by atoms with van der Waals surface area (Å²) >= 11 is 0. The van der Waals surface area contributed by atoms with Crippen LogP contribution < -0.4 is 5.32 Å². The van der Waals surface area contributed by atoms with E-state index in [-0.39, 0.29) is 17.4 Å². The SMILES string of the molecule is CC(=O)N[C@@H](CS(=O)CC(=O)N1CCOCC1)C(=O)O. The first kappa shape index (κ1) is 16.6. The van der Waals surface area contributed by atoms with Crippen LogP contribution in [0.2, 0.25) is 0 Å². The lowest BCUT2D eigenvalue weighted by Crippen LogP contribution is -2.46. The maximum absolute atomic E-state index is 11.8. The van der Waals surface area contributed by atoms with Crippen molar-refractivity contribution < 1.29 is 28.4 Å². The highest BCUT2D eigenvalue weighted by Crippen LogP contribution is 2.00. The fourth-order valence-electron chi connectivity index (χ4n) is 1.71. The molecule has 0 aromatic rings. The van der Waals surface area contributed by atoms with Crippen LogP contribution in [0.5, 0.6) is 0 Å². The predicted molar refractivity (Wildman–Crippen MR) is 70.5 cm³/mol. The van der Waals surface area contributed by atoms with Gasteiger partial charge in [0.2, 0.25) is 11.8 Å². The van der Waals surface area contributed by atoms with E-state index in [4.69, 9.17) is 9.84 Å². The van der Waals surface area contributed by atoms with Crippen molar-refractivity contribution in [1.82, 2.24) is 10.2 Å². The van der Waals surface area contributed by atoms with Crippen LogP contribution in [-0.4, -0.2) is 75.8 Å². The van der Waals surface area contributed by atoms with Crippen molar-refractivity contribution in [2.45, 2.75) is 13.0 Å². The number of carboxylic acids is 1. The molecule has 1 aliphatic rings. The lowest BCUT2D eigenvalue weighted by Gasteiger charge is -2.26. The number of carbonyl (C=O) groups is 3. The number of hydrogen-bond acceptors (Lipinski definition) is 5. The van der Waals surface area contributed by atoms with Crippen LogP contribution in [0.1, 0.15) is 6.92 Å². The number of carboxylic acid groups (broad SMARTS) is 1. The molecule has 0 radical (unpaired) electrons. The van der Waals surface area contributed by atoms with Gasteiger partial charge in [-0.1, -0.05) is 0 Å². The van der Waals surface area contributed by atoms with Gasteiger partial charge in [-0.3, -0.25) is 13.8 Å². The molecular weight excluding hydrogens is 288 g/mol. The molecule has 1 fully saturated rings. The Kier molecular flexibility index (Phi) is 6.59. The summed E-state index contributed by atoms with van der Waals surface area (Å²) in [6.07, 6.45) is 0. The summed E-state index contributed by atoms with van der Waals surface area (Å²) in [5.41, 5.74) is 0. The Morgan fingerprint density at radius 2 is 1.95 bits per heavy atom. The Labute approximate surface area is 118 Å². The van der Waals surface area contributed by atoms with E-state index >= 15 is 0 Å². The lowest BCUT2D eigenvalue weighted by atomic mass is 10.3. The summed E-state index contributed by atoms with van der Waals surface area (Å²) in [5, 5.41) is 11.1. The molecule has 0 spiro atoms. The fraction of sp³-hybridized carbons (Fsp3) is 0.727. The van der Waals surface area contributed by atoms with Crippen molar-refractivity contribution in [3.63, 3.8) is 0 Å². The maximum atomic E-state index is 11.8. The third-order valence-corrected chi connectivity index (χ3v) is 3.95. The highest BCUT2D eigenvalue weighted by atomic mass is 32.2. The highest BCUT2D eigenvalue weighted by molar-refractivity contribution is 7.85. The number of carbonyl (C=O) groups excluding carboxylic acids is 2. The molecule has 0 aliphatic carbocycles. The van der Waals surface area contributed by atoms with E-state index in [2.05, 4.69) is 5.32 Å². The average Bonchev–Trinajstić information content (AvgIpc) is 2.38. The summed E-state index contributed by atoms with van der Waals surface area (Å²) in [6.45, 7) is 2.97. The van der Waals surface area contributed by atoms with Crippen LogP contribution in [0.4, 0.5) is 0 Å². The summed E-state index contributed by atoms with van der Waals surface area (Å²) in [6, 6.07) is -1.24. The van der Waals surface area contributed by atoms with E-state index < -0.39 is 28.7 Å². The molecule has 20 heavy (non-hydrogen) atoms. The number of ether oxygens (including phenoxy) is 1. The largest absolute Gasteiger partial charge is 0.480 e. The normalized spacial score (nSPS) is 18.1. The minimum Gasteiger partial charge on any atom is -0.480 e. The van der Waals surface area contributed by atoms with Gasteiger partial charge in [0.05, 0.1) is 19.0 Å². The van der Waals surface area contributed by atoms with Gasteiger partial charge >= 0.3 is 5.97 Å². The first-order valence-electron chi connectivity index (χ1n) is 6.10. The molecule has 0 aromatic heterocycles. The second-order valence-electron chi connectivity index (χ2n) is 4.34. The summed E-state index contributed by atoms with van der Waals surface area (Å²) < 4.78 is 16.9. The van der Waals surface area contributed by atoms with E-state index in [1.807, 2.05) is 0 Å². The predicted octanol–water partition coefficient (Wildman–Crippen LogP) is -1.82. The monoisotopic (exact) mass is 306 g/mol. The zero-order valence-electron chi connectivity index (χ0n) is 11.2. The zero-order valence-corrected chi connectivity index (χ0v) is 12.0. The third kappa shape index (κ3) is 5.66. The van der Waals surface area contributed by atoms with Gasteiger partial charge in [-0.2, -0.15) is 0 Å². The molecule has 2 amide bonds. The van der Waals surface area contributed by atoms with Crippen molar-refractivity contribution >= 4 is 28.6 Å². The van der Waals surface area contributed by atoms with E-state index in [0.717, 1.165) is 0 Å². The maximum Gasteiger partial charge on any atom is 0.327 e. The van der Waals surface area contributed by atoms with Crippen LogP contribution in [0.25, 0.3) is 0 Å². The number of morpholine rings is 1. The van der Waals surface area contributed by atoms with Crippen molar-refractivity contribution in [3.05, 3.63) is 0 Å². The van der Waals surface area contributed by atoms with Crippen LogP contribution in [0, 0.1) is 0 Å². The van der Waals surface area contributed by atoms with Gasteiger partial charge in [-0.05, 0) is 0 Å². The Balaban J connectivity index is 2.46. The lowest BCUT2D eigenvalue weighted by molar-refractivity contribution is -0.140. The van der Waals surface area contributed by atoms with Gasteiger partial charge in [0, 0.05) is 30.8 Å². The van der Waals surface area contributed by atoms with Gasteiger partial charge in [0.25, 0.3) is 0 Å². The molecule has 2 atom stereocenters. The number of rotatable bonds is 6. The summed E-state index contributed by atoms with van der Waals surface area (Å²) in [5.74, 6) is -2.62. The van der Waals surface area contributed by atoms with Gasteiger partial charge in [-0.15, -0.1) is 0 Å². The number of nitrogens with one attached hydrogen (secondary N) is 1. The van der Waals surface area contributed by atoms with Gasteiger partial charge in [0.15, 0.2) is 0 Å². The van der Waals surface area contributed by atoms with Crippen molar-refractivity contribution in [3.8, 4) is 0 Å². The fourth-order valence-corrected chi connectivity index (χ4v) is 2.88. The number of aliphatic carboxylic acids is 1. The second-order valence-corrected chi connectivity index (χ2v) is 5.84. The molecule has 2 N–H and O–H groups in total. The molecule has 8 nitrogen and oxygen atoms in total. The Morgan fingerprint density at radius 1 is 1.35 bits per heavy atom. The summed E-state index contributed by atoms with van der Waals surface area (Å²) in [4.78, 5) is 35.1. The van der Waals surface area contributed by atoms with Gasteiger partial charge < -0.3 is 20.1 Å². The number of nitrogens with zero attached hydrogens (tertiary/aromatic N) is 1. The van der Waals surface area contributed by atoms with E-state index in [0.29, 0.717) is 26.3 Å². The standard InChI is InChI=1S/C11H18N2O6S/c1-8(14)12-9(11(16)17)6-20(18)7-10(15)13-2-4-19-5-3-13/h9H,2-7H2,1H3,(H,12,14)(H,16,17)/t9-,20?/m0/s1. The molecule has 0 aromatic carbocycles. The molecule has 1 aliphatic heterocycles. The van der Waals surface area contributed by atoms with E-state index in [1.165, 1.54) is 11.8 Å². The van der Waals surface area contributed by atoms with Crippen molar-refractivity contribution in [1.29, 1.82) is 0 Å². The van der Waals surface area contributed by atoms with Crippen LogP contribution in [-0.2, 0) is 29.9 Å². The smallest absolute Gasteiger partial charge is 0.327 e. The first-order chi connectivity index (χ1) is 9.40. The topological polar surface area (TPSA) is 113 Å². The third-order valence-electron chi connectivity index (χ3n) is 2.68. The molecular formula is C11H18N2O6S. The molecule has 0 saturated carbocycles. The molecule has 1 unspecified atom stereocenters. The highest BCUT2D eigenvalue weighted by Gasteiger charge is 2.24. The van der Waals surface area contributed by atoms with Crippen LogP contribution >= 0.6 is 0 Å².